The van der Waals surface area contributed by atoms with Crippen molar-refractivity contribution in [2.24, 2.45) is 5.73 Å². The van der Waals surface area contributed by atoms with Gasteiger partial charge in [0.2, 0.25) is 6.29 Å². The number of aliphatic hydroxyl groups is 1. The minimum Gasteiger partial charge on any atom is -0.507 e. The SMILES string of the molecule is CO[C@@H]1[C@@H](OC(N)=O)[C@@H](O)[C@H](Oc2ccc3c(O)c(CC(=O)c4cc(-c5ccc(F)cc5)c(O)cc4O)c(=O)oc3c2C)OC1(C)C. The Morgan fingerprint density at radius 3 is 2.36 bits per heavy atom. The van der Waals surface area contributed by atoms with E-state index in [4.69, 9.17) is 29.1 Å². The lowest BCUT2D eigenvalue weighted by Crippen LogP contribution is -2.65. The summed E-state index contributed by atoms with van der Waals surface area (Å²) in [4.78, 5) is 37.9. The van der Waals surface area contributed by atoms with Crippen molar-refractivity contribution in [3.63, 3.8) is 0 Å². The molecule has 1 aliphatic heterocycles. The molecule has 13 nitrogen and oxygen atoms in total. The van der Waals surface area contributed by atoms with Crippen LogP contribution in [0, 0.1) is 12.7 Å². The Hall–Kier alpha value is -5.18. The monoisotopic (exact) mass is 653 g/mol. The smallest absolute Gasteiger partial charge is 0.404 e. The van der Waals surface area contributed by atoms with Gasteiger partial charge in [-0.05, 0) is 56.7 Å². The molecule has 0 radical (unpaired) electrons. The molecule has 0 bridgehead atoms. The van der Waals surface area contributed by atoms with Gasteiger partial charge in [-0.3, -0.25) is 4.79 Å². The number of amides is 1. The van der Waals surface area contributed by atoms with Crippen LogP contribution in [0.4, 0.5) is 9.18 Å². The largest absolute Gasteiger partial charge is 0.507 e. The molecule has 5 rings (SSSR count). The number of aromatic hydroxyl groups is 3. The summed E-state index contributed by atoms with van der Waals surface area (Å²) in [7, 11) is 1.35. The van der Waals surface area contributed by atoms with E-state index >= 15 is 0 Å². The number of ether oxygens (including phenoxy) is 4. The molecule has 1 aliphatic rings. The summed E-state index contributed by atoms with van der Waals surface area (Å²) in [6.07, 6.45) is -6.93. The van der Waals surface area contributed by atoms with E-state index in [-0.39, 0.29) is 39.2 Å². The first-order valence-electron chi connectivity index (χ1n) is 14.3. The molecule has 4 atom stereocenters. The molecule has 6 N–H and O–H groups in total. The van der Waals surface area contributed by atoms with Crippen molar-refractivity contribution >= 4 is 22.8 Å². The number of carbonyl (C=O) groups is 2. The van der Waals surface area contributed by atoms with E-state index in [1.54, 1.807) is 13.8 Å². The number of nitrogens with two attached hydrogens (primary N) is 1. The van der Waals surface area contributed by atoms with Gasteiger partial charge >= 0.3 is 11.7 Å². The third-order valence-electron chi connectivity index (χ3n) is 8.01. The van der Waals surface area contributed by atoms with E-state index in [0.717, 1.165) is 18.2 Å². The molecule has 1 amide bonds. The van der Waals surface area contributed by atoms with Crippen LogP contribution in [0.25, 0.3) is 22.1 Å². The molecular formula is C33H32FNO12. The molecule has 1 aromatic heterocycles. The Bertz CT molecular complexity index is 1920. The van der Waals surface area contributed by atoms with Crippen LogP contribution in [0.3, 0.4) is 0 Å². The van der Waals surface area contributed by atoms with E-state index < -0.39 is 77.0 Å². The number of primary amides is 1. The first kappa shape index (κ1) is 33.2. The number of hydrogen-bond acceptors (Lipinski definition) is 12. The Kier molecular flexibility index (Phi) is 8.86. The Morgan fingerprint density at radius 1 is 1.04 bits per heavy atom. The second-order valence-electron chi connectivity index (χ2n) is 11.5. The highest BCUT2D eigenvalue weighted by molar-refractivity contribution is 6.02. The maximum Gasteiger partial charge on any atom is 0.404 e. The number of fused-ring (bicyclic) bond motifs is 1. The molecule has 4 aromatic rings. The van der Waals surface area contributed by atoms with Crippen LogP contribution in [-0.4, -0.2) is 69.6 Å². The topological polar surface area (TPSA) is 208 Å². The zero-order valence-corrected chi connectivity index (χ0v) is 25.6. The number of rotatable bonds is 8. The van der Waals surface area contributed by atoms with Gasteiger partial charge in [0.25, 0.3) is 0 Å². The van der Waals surface area contributed by atoms with Crippen molar-refractivity contribution in [3.05, 3.63) is 81.5 Å². The molecule has 2 heterocycles. The van der Waals surface area contributed by atoms with Gasteiger partial charge in [0.1, 0.15) is 40.5 Å². The summed E-state index contributed by atoms with van der Waals surface area (Å²) < 4.78 is 41.3. The second-order valence-corrected chi connectivity index (χ2v) is 11.5. The molecule has 0 unspecified atom stereocenters. The van der Waals surface area contributed by atoms with Crippen LogP contribution in [0.1, 0.15) is 35.3 Å². The van der Waals surface area contributed by atoms with Gasteiger partial charge < -0.3 is 49.5 Å². The fourth-order valence-corrected chi connectivity index (χ4v) is 5.67. The third kappa shape index (κ3) is 6.30. The standard InChI is InChI=1S/C33H32FNO12/c1-14-24(44-31-26(40)28(46-32(35)42)29(43-4)33(2,3)47-31)10-9-17-25(39)20(30(41)45-27(14)17)12-21(36)19-11-18(22(37)13-23(19)38)15-5-7-16(34)8-6-15/h5-11,13,26,28-29,31,37-40H,12H2,1-4H3,(H2,35,42)/t26-,28+,29-,31-/m1/s1. The van der Waals surface area contributed by atoms with Gasteiger partial charge in [-0.2, -0.15) is 0 Å². The number of phenols is 2. The van der Waals surface area contributed by atoms with Gasteiger partial charge in [0, 0.05) is 30.7 Å². The number of aliphatic hydroxyl groups excluding tert-OH is 1. The average molecular weight is 654 g/mol. The fraction of sp³-hybridized carbons (Fsp3) is 0.303. The number of hydrogen-bond donors (Lipinski definition) is 5. The normalized spacial score (nSPS) is 20.6. The number of aryl methyl sites for hydroxylation is 1. The van der Waals surface area contributed by atoms with Crippen LogP contribution < -0.4 is 16.1 Å². The summed E-state index contributed by atoms with van der Waals surface area (Å²) in [6, 6.07) is 10.0. The maximum atomic E-state index is 13.4. The second kappa shape index (κ2) is 12.5. The summed E-state index contributed by atoms with van der Waals surface area (Å²) in [6.45, 7) is 4.79. The number of ketones is 1. The predicted molar refractivity (Wildman–Crippen MR) is 163 cm³/mol. The highest BCUT2D eigenvalue weighted by Crippen LogP contribution is 2.39. The first-order chi connectivity index (χ1) is 22.1. The van der Waals surface area contributed by atoms with Crippen molar-refractivity contribution in [2.75, 3.05) is 7.11 Å². The van der Waals surface area contributed by atoms with Gasteiger partial charge in [0.05, 0.1) is 22.1 Å². The van der Waals surface area contributed by atoms with E-state index in [1.807, 2.05) is 0 Å². The zero-order chi connectivity index (χ0) is 34.4. The van der Waals surface area contributed by atoms with Gasteiger partial charge in [-0.1, -0.05) is 12.1 Å². The lowest BCUT2D eigenvalue weighted by Gasteiger charge is -2.47. The van der Waals surface area contributed by atoms with Crippen LogP contribution >= 0.6 is 0 Å². The average Bonchev–Trinajstić information content (AvgIpc) is 2.99. The van der Waals surface area contributed by atoms with Gasteiger partial charge in [-0.15, -0.1) is 0 Å². The number of phenolic OH excluding ortho intramolecular Hbond substituents is 2. The van der Waals surface area contributed by atoms with Gasteiger partial charge in [-0.25, -0.2) is 14.0 Å². The van der Waals surface area contributed by atoms with Gasteiger partial charge in [0.15, 0.2) is 18.0 Å². The molecule has 47 heavy (non-hydrogen) atoms. The lowest BCUT2D eigenvalue weighted by atomic mass is 9.89. The van der Waals surface area contributed by atoms with Crippen molar-refractivity contribution in [1.82, 2.24) is 0 Å². The number of benzene rings is 3. The minimum atomic E-state index is -1.55. The highest BCUT2D eigenvalue weighted by Gasteiger charge is 2.53. The lowest BCUT2D eigenvalue weighted by molar-refractivity contribution is -0.304. The molecule has 248 valence electrons. The summed E-state index contributed by atoms with van der Waals surface area (Å²) in [5, 5.41) is 42.9. The Morgan fingerprint density at radius 2 is 1.72 bits per heavy atom. The summed E-state index contributed by atoms with van der Waals surface area (Å²) >= 11 is 0. The highest BCUT2D eigenvalue weighted by atomic mass is 19.1. The number of methoxy groups -OCH3 is 1. The Balaban J connectivity index is 1.45. The molecule has 0 aliphatic carbocycles. The van der Waals surface area contributed by atoms with E-state index in [1.165, 1.54) is 44.4 Å². The maximum absolute atomic E-state index is 13.4. The molecule has 0 spiro atoms. The van der Waals surface area contributed by atoms with Crippen molar-refractivity contribution in [3.8, 4) is 34.1 Å². The number of halogens is 1. The molecule has 0 saturated carbocycles. The number of carbonyl (C=O) groups excluding carboxylic acids is 2. The van der Waals surface area contributed by atoms with Crippen LogP contribution in [0.15, 0.2) is 57.7 Å². The van der Waals surface area contributed by atoms with E-state index in [2.05, 4.69) is 0 Å². The van der Waals surface area contributed by atoms with Crippen LogP contribution in [-0.2, 0) is 20.6 Å². The minimum absolute atomic E-state index is 0.0546. The van der Waals surface area contributed by atoms with Crippen molar-refractivity contribution in [2.45, 2.75) is 57.4 Å². The quantitative estimate of drug-likeness (QED) is 0.136. The summed E-state index contributed by atoms with van der Waals surface area (Å²) in [5.74, 6) is -2.70. The molecule has 1 saturated heterocycles. The van der Waals surface area contributed by atoms with E-state index in [0.29, 0.717) is 5.56 Å². The predicted octanol–water partition coefficient (Wildman–Crippen LogP) is 3.80. The molecule has 3 aromatic carbocycles. The van der Waals surface area contributed by atoms with Crippen LogP contribution in [0.5, 0.6) is 23.0 Å². The van der Waals surface area contributed by atoms with Crippen molar-refractivity contribution < 1.29 is 57.8 Å². The zero-order valence-electron chi connectivity index (χ0n) is 25.6. The van der Waals surface area contributed by atoms with Crippen LogP contribution in [0.2, 0.25) is 0 Å². The molecular weight excluding hydrogens is 621 g/mol. The fourth-order valence-electron chi connectivity index (χ4n) is 5.67. The third-order valence-corrected chi connectivity index (χ3v) is 8.01. The molecule has 1 fully saturated rings. The first-order valence-corrected chi connectivity index (χ1v) is 14.3. The molecule has 14 heteroatoms. The Labute approximate surface area is 266 Å². The van der Waals surface area contributed by atoms with E-state index in [9.17, 15) is 39.2 Å². The number of Topliss-reactive ketones (excluding diaryl/α,β-unsaturated/α-hetero) is 1. The summed E-state index contributed by atoms with van der Waals surface area (Å²) in [5.41, 5.74) is 3.01. The van der Waals surface area contributed by atoms with Crippen molar-refractivity contribution in [1.29, 1.82) is 0 Å².